The zero-order valence-corrected chi connectivity index (χ0v) is 8.57. The Morgan fingerprint density at radius 3 is 2.87 bits per heavy atom. The molecule has 0 bridgehead atoms. The van der Waals surface area contributed by atoms with Crippen molar-refractivity contribution in [2.75, 3.05) is 5.73 Å². The number of nitrogen functional groups attached to an aromatic ring is 1. The van der Waals surface area contributed by atoms with Gasteiger partial charge in [0.15, 0.2) is 0 Å². The van der Waals surface area contributed by atoms with Crippen molar-refractivity contribution < 1.29 is 9.15 Å². The van der Waals surface area contributed by atoms with Crippen molar-refractivity contribution in [2.24, 2.45) is 0 Å². The highest BCUT2D eigenvalue weighted by atomic mass is 16.5. The van der Waals surface area contributed by atoms with Gasteiger partial charge < -0.3 is 14.9 Å². The number of furan rings is 1. The van der Waals surface area contributed by atoms with Gasteiger partial charge in [0.2, 0.25) is 0 Å². The normalized spacial score (nSPS) is 10.2. The van der Waals surface area contributed by atoms with E-state index in [0.717, 1.165) is 22.8 Å². The summed E-state index contributed by atoms with van der Waals surface area (Å²) in [6, 6.07) is 9.33. The van der Waals surface area contributed by atoms with Gasteiger partial charge in [0.25, 0.3) is 0 Å². The van der Waals surface area contributed by atoms with Crippen LogP contribution in [0.4, 0.5) is 5.69 Å². The van der Waals surface area contributed by atoms with Crippen LogP contribution < -0.4 is 10.5 Å². The molecule has 2 aromatic rings. The first kappa shape index (κ1) is 9.65. The van der Waals surface area contributed by atoms with Gasteiger partial charge in [0, 0.05) is 5.69 Å². The average Bonchev–Trinajstić information content (AvgIpc) is 2.73. The molecule has 0 saturated heterocycles. The highest BCUT2D eigenvalue weighted by Gasteiger charge is 1.99. The molecule has 0 fully saturated rings. The molecule has 1 heterocycles. The van der Waals surface area contributed by atoms with Crippen LogP contribution in [0.3, 0.4) is 0 Å². The van der Waals surface area contributed by atoms with Gasteiger partial charge in [-0.25, -0.2) is 0 Å². The summed E-state index contributed by atoms with van der Waals surface area (Å²) in [5.41, 5.74) is 7.50. The number of ether oxygens (including phenoxy) is 1. The zero-order chi connectivity index (χ0) is 10.7. The van der Waals surface area contributed by atoms with Gasteiger partial charge in [-0.05, 0) is 42.8 Å². The minimum absolute atomic E-state index is 0.441. The summed E-state index contributed by atoms with van der Waals surface area (Å²) in [5.74, 6) is 1.61. The second-order valence-electron chi connectivity index (χ2n) is 3.39. The highest BCUT2D eigenvalue weighted by Crippen LogP contribution is 2.19. The van der Waals surface area contributed by atoms with Crippen LogP contribution in [-0.2, 0) is 6.61 Å². The molecule has 2 N–H and O–H groups in total. The Kier molecular flexibility index (Phi) is 2.63. The lowest BCUT2D eigenvalue weighted by Gasteiger charge is -2.06. The molecule has 0 aliphatic carbocycles. The van der Waals surface area contributed by atoms with Crippen molar-refractivity contribution in [1.82, 2.24) is 0 Å². The maximum Gasteiger partial charge on any atom is 0.146 e. The molecule has 0 atom stereocenters. The van der Waals surface area contributed by atoms with Gasteiger partial charge in [-0.15, -0.1) is 0 Å². The smallest absolute Gasteiger partial charge is 0.146 e. The first-order valence-corrected chi connectivity index (χ1v) is 4.77. The second kappa shape index (κ2) is 4.09. The largest absolute Gasteiger partial charge is 0.486 e. The fraction of sp³-hybridized carbons (Fsp3) is 0.167. The highest BCUT2D eigenvalue weighted by molar-refractivity contribution is 5.49. The number of nitrogens with two attached hydrogens (primary N) is 1. The predicted molar refractivity (Wildman–Crippen MR) is 58.6 cm³/mol. The van der Waals surface area contributed by atoms with Gasteiger partial charge in [-0.3, -0.25) is 0 Å². The Morgan fingerprint density at radius 2 is 2.20 bits per heavy atom. The summed E-state index contributed by atoms with van der Waals surface area (Å²) >= 11 is 0. The van der Waals surface area contributed by atoms with Crippen LogP contribution >= 0.6 is 0 Å². The lowest BCUT2D eigenvalue weighted by molar-refractivity contribution is 0.270. The van der Waals surface area contributed by atoms with E-state index in [1.54, 1.807) is 6.26 Å². The van der Waals surface area contributed by atoms with Crippen LogP contribution in [0.1, 0.15) is 11.3 Å². The molecule has 1 aromatic heterocycles. The van der Waals surface area contributed by atoms with Crippen molar-refractivity contribution in [3.63, 3.8) is 0 Å². The SMILES string of the molecule is Cc1cc(OCc2ccco2)ccc1N. The number of anilines is 1. The van der Waals surface area contributed by atoms with Gasteiger partial charge in [-0.2, -0.15) is 0 Å². The van der Waals surface area contributed by atoms with Crippen molar-refractivity contribution in [1.29, 1.82) is 0 Å². The van der Waals surface area contributed by atoms with Gasteiger partial charge in [0.1, 0.15) is 18.1 Å². The minimum Gasteiger partial charge on any atom is -0.486 e. The molecule has 15 heavy (non-hydrogen) atoms. The molecular formula is C12H13NO2. The molecule has 78 valence electrons. The van der Waals surface area contributed by atoms with Crippen molar-refractivity contribution in [2.45, 2.75) is 13.5 Å². The van der Waals surface area contributed by atoms with Crippen LogP contribution in [0.2, 0.25) is 0 Å². The minimum atomic E-state index is 0.441. The zero-order valence-electron chi connectivity index (χ0n) is 8.57. The van der Waals surface area contributed by atoms with E-state index in [-0.39, 0.29) is 0 Å². The number of rotatable bonds is 3. The number of benzene rings is 1. The molecule has 0 radical (unpaired) electrons. The molecule has 0 aliphatic rings. The fourth-order valence-corrected chi connectivity index (χ4v) is 1.29. The lowest BCUT2D eigenvalue weighted by atomic mass is 10.2. The molecule has 0 unspecified atom stereocenters. The van der Waals surface area contributed by atoms with Crippen LogP contribution in [0, 0.1) is 6.92 Å². The van der Waals surface area contributed by atoms with Crippen molar-refractivity contribution >= 4 is 5.69 Å². The van der Waals surface area contributed by atoms with Crippen LogP contribution in [0.5, 0.6) is 5.75 Å². The van der Waals surface area contributed by atoms with E-state index in [1.807, 2.05) is 37.3 Å². The first-order chi connectivity index (χ1) is 7.25. The van der Waals surface area contributed by atoms with E-state index < -0.39 is 0 Å². The Balaban J connectivity index is 2.02. The van der Waals surface area contributed by atoms with Gasteiger partial charge in [0.05, 0.1) is 6.26 Å². The molecule has 3 heteroatoms. The first-order valence-electron chi connectivity index (χ1n) is 4.77. The monoisotopic (exact) mass is 203 g/mol. The third-order valence-corrected chi connectivity index (χ3v) is 2.20. The standard InChI is InChI=1S/C12H13NO2/c1-9-7-10(4-5-12(9)13)15-8-11-3-2-6-14-11/h2-7H,8,13H2,1H3. The summed E-state index contributed by atoms with van der Waals surface area (Å²) < 4.78 is 10.7. The quantitative estimate of drug-likeness (QED) is 0.780. The molecule has 1 aromatic carbocycles. The molecule has 2 rings (SSSR count). The van der Waals surface area contributed by atoms with E-state index in [9.17, 15) is 0 Å². The predicted octanol–water partition coefficient (Wildman–Crippen LogP) is 2.75. The van der Waals surface area contributed by atoms with E-state index in [0.29, 0.717) is 6.61 Å². The molecular weight excluding hydrogens is 190 g/mol. The van der Waals surface area contributed by atoms with Crippen LogP contribution in [0.15, 0.2) is 41.0 Å². The molecule has 0 aliphatic heterocycles. The van der Waals surface area contributed by atoms with Gasteiger partial charge >= 0.3 is 0 Å². The molecule has 0 spiro atoms. The van der Waals surface area contributed by atoms with Crippen molar-refractivity contribution in [3.8, 4) is 5.75 Å². The number of hydrogen-bond acceptors (Lipinski definition) is 3. The fourth-order valence-electron chi connectivity index (χ4n) is 1.29. The summed E-state index contributed by atoms with van der Waals surface area (Å²) in [7, 11) is 0. The Labute approximate surface area is 88.5 Å². The Bertz CT molecular complexity index is 435. The maximum atomic E-state index is 5.71. The van der Waals surface area contributed by atoms with Gasteiger partial charge in [-0.1, -0.05) is 0 Å². The summed E-state index contributed by atoms with van der Waals surface area (Å²) in [4.78, 5) is 0. The number of aryl methyl sites for hydroxylation is 1. The molecule has 0 amide bonds. The Morgan fingerprint density at radius 1 is 1.33 bits per heavy atom. The second-order valence-corrected chi connectivity index (χ2v) is 3.39. The molecule has 3 nitrogen and oxygen atoms in total. The summed E-state index contributed by atoms with van der Waals surface area (Å²) in [6.07, 6.45) is 1.63. The summed E-state index contributed by atoms with van der Waals surface area (Å²) in [6.45, 7) is 2.39. The van der Waals surface area contributed by atoms with E-state index in [4.69, 9.17) is 14.9 Å². The Hall–Kier alpha value is -1.90. The van der Waals surface area contributed by atoms with E-state index in [2.05, 4.69) is 0 Å². The van der Waals surface area contributed by atoms with Crippen molar-refractivity contribution in [3.05, 3.63) is 47.9 Å². The third-order valence-electron chi connectivity index (χ3n) is 2.20. The average molecular weight is 203 g/mol. The molecule has 0 saturated carbocycles. The maximum absolute atomic E-state index is 5.71. The van der Waals surface area contributed by atoms with E-state index >= 15 is 0 Å². The van der Waals surface area contributed by atoms with Crippen LogP contribution in [-0.4, -0.2) is 0 Å². The van der Waals surface area contributed by atoms with Crippen LogP contribution in [0.25, 0.3) is 0 Å². The number of hydrogen-bond donors (Lipinski definition) is 1. The summed E-state index contributed by atoms with van der Waals surface area (Å²) in [5, 5.41) is 0. The van der Waals surface area contributed by atoms with E-state index in [1.165, 1.54) is 0 Å². The third kappa shape index (κ3) is 2.31. The topological polar surface area (TPSA) is 48.4 Å². The lowest BCUT2D eigenvalue weighted by Crippen LogP contribution is -1.95.